The van der Waals surface area contributed by atoms with E-state index in [9.17, 15) is 0 Å². The Kier molecular flexibility index (Phi) is 3.47. The second-order valence-corrected chi connectivity index (χ2v) is 4.69. The highest BCUT2D eigenvalue weighted by atomic mass is 79.9. The van der Waals surface area contributed by atoms with Crippen molar-refractivity contribution in [2.45, 2.75) is 5.33 Å². The van der Waals surface area contributed by atoms with E-state index in [-0.39, 0.29) is 0 Å². The van der Waals surface area contributed by atoms with Gasteiger partial charge >= 0.3 is 0 Å². The lowest BCUT2D eigenvalue weighted by atomic mass is 10.0. The molecule has 0 aliphatic rings. The van der Waals surface area contributed by atoms with E-state index < -0.39 is 0 Å². The second kappa shape index (κ2) is 4.86. The van der Waals surface area contributed by atoms with Crippen molar-refractivity contribution in [3.8, 4) is 17.2 Å². The maximum Gasteiger partial charge on any atom is 0.101 e. The summed E-state index contributed by atoms with van der Waals surface area (Å²) in [4.78, 5) is 3.00. The third-order valence-electron chi connectivity index (χ3n) is 2.35. The van der Waals surface area contributed by atoms with Crippen LogP contribution >= 0.6 is 31.9 Å². The Labute approximate surface area is 111 Å². The van der Waals surface area contributed by atoms with Crippen LogP contribution in [-0.4, -0.2) is 4.98 Å². The minimum atomic E-state index is 0.651. The van der Waals surface area contributed by atoms with Crippen LogP contribution in [0.25, 0.3) is 11.1 Å². The molecule has 0 saturated carbocycles. The predicted molar refractivity (Wildman–Crippen MR) is 71.3 cm³/mol. The third-order valence-corrected chi connectivity index (χ3v) is 3.62. The standard InChI is InChI=1S/C12H8Br2N2/c13-5-8-1-3-9(4-2-8)11-10(6-15)7-16-12(11)14/h1-4,7,16H,5H2. The Morgan fingerprint density at radius 1 is 1.25 bits per heavy atom. The van der Waals surface area contributed by atoms with Gasteiger partial charge in [-0.25, -0.2) is 0 Å². The van der Waals surface area contributed by atoms with Crippen LogP contribution in [0.1, 0.15) is 11.1 Å². The van der Waals surface area contributed by atoms with Crippen molar-refractivity contribution in [1.29, 1.82) is 5.26 Å². The van der Waals surface area contributed by atoms with Crippen molar-refractivity contribution >= 4 is 31.9 Å². The highest BCUT2D eigenvalue weighted by Gasteiger charge is 2.10. The summed E-state index contributed by atoms with van der Waals surface area (Å²) in [6.07, 6.45) is 1.71. The van der Waals surface area contributed by atoms with Gasteiger partial charge in [-0.3, -0.25) is 0 Å². The molecular formula is C12H8Br2N2. The molecule has 16 heavy (non-hydrogen) atoms. The fourth-order valence-electron chi connectivity index (χ4n) is 1.53. The first-order chi connectivity index (χ1) is 7.76. The maximum absolute atomic E-state index is 9.00. The fourth-order valence-corrected chi connectivity index (χ4v) is 2.46. The van der Waals surface area contributed by atoms with Crippen LogP contribution in [0.4, 0.5) is 0 Å². The number of nitrogens with zero attached hydrogens (tertiary/aromatic N) is 1. The van der Waals surface area contributed by atoms with Gasteiger partial charge in [0.05, 0.1) is 10.2 Å². The van der Waals surface area contributed by atoms with Gasteiger partial charge in [0.2, 0.25) is 0 Å². The summed E-state index contributed by atoms with van der Waals surface area (Å²) in [5.74, 6) is 0. The monoisotopic (exact) mass is 338 g/mol. The number of rotatable bonds is 2. The second-order valence-electron chi connectivity index (χ2n) is 3.33. The predicted octanol–water partition coefficient (Wildman–Crippen LogP) is 4.21. The molecule has 2 rings (SSSR count). The van der Waals surface area contributed by atoms with Crippen LogP contribution in [0.2, 0.25) is 0 Å². The SMILES string of the molecule is N#Cc1c[nH]c(Br)c1-c1ccc(CBr)cc1. The van der Waals surface area contributed by atoms with E-state index in [1.54, 1.807) is 6.20 Å². The van der Waals surface area contributed by atoms with Crippen molar-refractivity contribution in [2.24, 2.45) is 0 Å². The first-order valence-corrected chi connectivity index (χ1v) is 6.60. The Balaban J connectivity index is 2.50. The summed E-state index contributed by atoms with van der Waals surface area (Å²) >= 11 is 6.82. The van der Waals surface area contributed by atoms with E-state index >= 15 is 0 Å². The zero-order valence-corrected chi connectivity index (χ0v) is 11.5. The molecule has 0 bridgehead atoms. The molecule has 0 unspecified atom stereocenters. The van der Waals surface area contributed by atoms with Gasteiger partial charge in [-0.05, 0) is 27.1 Å². The maximum atomic E-state index is 9.00. The quantitative estimate of drug-likeness (QED) is 0.818. The third kappa shape index (κ3) is 2.06. The number of aromatic amines is 1. The van der Waals surface area contributed by atoms with Gasteiger partial charge < -0.3 is 4.98 Å². The molecule has 1 aromatic heterocycles. The van der Waals surface area contributed by atoms with Crippen LogP contribution in [0.15, 0.2) is 35.1 Å². The fraction of sp³-hybridized carbons (Fsp3) is 0.0833. The topological polar surface area (TPSA) is 39.6 Å². The van der Waals surface area contributed by atoms with Gasteiger partial charge in [-0.15, -0.1) is 0 Å². The van der Waals surface area contributed by atoms with E-state index in [4.69, 9.17) is 5.26 Å². The molecule has 0 atom stereocenters. The van der Waals surface area contributed by atoms with Crippen LogP contribution < -0.4 is 0 Å². The molecule has 0 aliphatic carbocycles. The minimum absolute atomic E-state index is 0.651. The summed E-state index contributed by atoms with van der Waals surface area (Å²) in [5, 5.41) is 9.84. The molecule has 1 heterocycles. The van der Waals surface area contributed by atoms with Crippen LogP contribution in [-0.2, 0) is 5.33 Å². The van der Waals surface area contributed by atoms with Crippen molar-refractivity contribution in [3.63, 3.8) is 0 Å². The molecule has 0 saturated heterocycles. The minimum Gasteiger partial charge on any atom is -0.354 e. The van der Waals surface area contributed by atoms with E-state index in [1.165, 1.54) is 5.56 Å². The molecular weight excluding hydrogens is 332 g/mol. The molecule has 1 N–H and O–H groups in total. The number of benzene rings is 1. The molecule has 2 aromatic rings. The molecule has 80 valence electrons. The number of halogens is 2. The summed E-state index contributed by atoms with van der Waals surface area (Å²) in [6.45, 7) is 0. The Morgan fingerprint density at radius 2 is 1.94 bits per heavy atom. The highest BCUT2D eigenvalue weighted by Crippen LogP contribution is 2.31. The van der Waals surface area contributed by atoms with Crippen molar-refractivity contribution < 1.29 is 0 Å². The lowest BCUT2D eigenvalue weighted by molar-refractivity contribution is 1.35. The van der Waals surface area contributed by atoms with Crippen molar-refractivity contribution in [1.82, 2.24) is 4.98 Å². The largest absolute Gasteiger partial charge is 0.354 e. The summed E-state index contributed by atoms with van der Waals surface area (Å²) in [7, 11) is 0. The van der Waals surface area contributed by atoms with Gasteiger partial charge in [0, 0.05) is 17.1 Å². The lowest BCUT2D eigenvalue weighted by Crippen LogP contribution is -1.82. The summed E-state index contributed by atoms with van der Waals surface area (Å²) in [6, 6.07) is 10.3. The van der Waals surface area contributed by atoms with Gasteiger partial charge in [-0.1, -0.05) is 40.2 Å². The first-order valence-electron chi connectivity index (χ1n) is 4.68. The lowest BCUT2D eigenvalue weighted by Gasteiger charge is -2.02. The number of nitriles is 1. The normalized spacial score (nSPS) is 10.1. The van der Waals surface area contributed by atoms with Crippen LogP contribution in [0.3, 0.4) is 0 Å². The van der Waals surface area contributed by atoms with Crippen LogP contribution in [0.5, 0.6) is 0 Å². The Morgan fingerprint density at radius 3 is 2.50 bits per heavy atom. The van der Waals surface area contributed by atoms with Crippen molar-refractivity contribution in [2.75, 3.05) is 0 Å². The molecule has 2 nitrogen and oxygen atoms in total. The van der Waals surface area contributed by atoms with Gasteiger partial charge in [0.1, 0.15) is 6.07 Å². The molecule has 0 amide bonds. The number of hydrogen-bond donors (Lipinski definition) is 1. The van der Waals surface area contributed by atoms with Crippen molar-refractivity contribution in [3.05, 3.63) is 46.2 Å². The summed E-state index contributed by atoms with van der Waals surface area (Å²) < 4.78 is 0.843. The molecule has 0 radical (unpaired) electrons. The smallest absolute Gasteiger partial charge is 0.101 e. The molecule has 0 fully saturated rings. The Hall–Kier alpha value is -1.05. The van der Waals surface area contributed by atoms with Gasteiger partial charge in [0.25, 0.3) is 0 Å². The molecule has 4 heteroatoms. The zero-order valence-electron chi connectivity index (χ0n) is 8.30. The van der Waals surface area contributed by atoms with E-state index in [1.807, 2.05) is 24.3 Å². The molecule has 1 aromatic carbocycles. The average molecular weight is 340 g/mol. The number of hydrogen-bond acceptors (Lipinski definition) is 1. The van der Waals surface area contributed by atoms with E-state index in [0.29, 0.717) is 5.56 Å². The zero-order chi connectivity index (χ0) is 11.5. The average Bonchev–Trinajstić information content (AvgIpc) is 2.70. The van der Waals surface area contributed by atoms with E-state index in [0.717, 1.165) is 21.1 Å². The first kappa shape index (κ1) is 11.4. The number of aromatic nitrogens is 1. The van der Waals surface area contributed by atoms with Gasteiger partial charge in [0.15, 0.2) is 0 Å². The van der Waals surface area contributed by atoms with Crippen LogP contribution in [0, 0.1) is 11.3 Å². The molecule has 0 spiro atoms. The Bertz CT molecular complexity index is 535. The van der Waals surface area contributed by atoms with Gasteiger partial charge in [-0.2, -0.15) is 5.26 Å². The number of alkyl halides is 1. The van der Waals surface area contributed by atoms with E-state index in [2.05, 4.69) is 42.9 Å². The highest BCUT2D eigenvalue weighted by molar-refractivity contribution is 9.10. The summed E-state index contributed by atoms with van der Waals surface area (Å²) in [5.41, 5.74) is 3.82. The number of nitrogens with one attached hydrogen (secondary N) is 1. The number of H-pyrrole nitrogens is 1. The molecule has 0 aliphatic heterocycles.